The Balaban J connectivity index is 2.25. The van der Waals surface area contributed by atoms with Crippen LogP contribution in [0.25, 0.3) is 0 Å². The fourth-order valence-electron chi connectivity index (χ4n) is 2.72. The molecule has 0 aliphatic heterocycles. The van der Waals surface area contributed by atoms with Crippen LogP contribution in [0.4, 0.5) is 0 Å². The number of rotatable bonds is 9. The van der Waals surface area contributed by atoms with E-state index in [1.807, 2.05) is 61.5 Å². The molecule has 0 aliphatic rings. The summed E-state index contributed by atoms with van der Waals surface area (Å²) in [5.74, 6) is 0.0479. The molecule has 0 saturated heterocycles. The molecule has 0 aliphatic carbocycles. The van der Waals surface area contributed by atoms with Gasteiger partial charge in [-0.05, 0) is 38.8 Å². The molecule has 3 nitrogen and oxygen atoms in total. The molecule has 2 rings (SSSR count). The Hall–Kier alpha value is -1.91. The van der Waals surface area contributed by atoms with Gasteiger partial charge in [-0.25, -0.2) is 0 Å². The lowest BCUT2D eigenvalue weighted by atomic mass is 9.68. The summed E-state index contributed by atoms with van der Waals surface area (Å²) in [5, 5.41) is 0. The Morgan fingerprint density at radius 3 is 2.31 bits per heavy atom. The molecule has 0 bridgehead atoms. The molecule has 0 heterocycles. The van der Waals surface area contributed by atoms with Crippen molar-refractivity contribution in [1.82, 2.24) is 0 Å². The van der Waals surface area contributed by atoms with Gasteiger partial charge in [-0.3, -0.25) is 4.79 Å². The first-order valence-corrected chi connectivity index (χ1v) is 9.37. The van der Waals surface area contributed by atoms with E-state index in [0.717, 1.165) is 12.0 Å². The van der Waals surface area contributed by atoms with Gasteiger partial charge in [0.05, 0.1) is 0 Å². The van der Waals surface area contributed by atoms with Gasteiger partial charge < -0.3 is 9.31 Å². The van der Waals surface area contributed by atoms with Gasteiger partial charge in [-0.15, -0.1) is 0 Å². The van der Waals surface area contributed by atoms with Gasteiger partial charge in [0.25, 0.3) is 0 Å². The molecule has 0 fully saturated rings. The van der Waals surface area contributed by atoms with Crippen LogP contribution in [0.2, 0.25) is 0 Å². The van der Waals surface area contributed by atoms with Crippen LogP contribution < -0.4 is 0 Å². The summed E-state index contributed by atoms with van der Waals surface area (Å²) in [4.78, 5) is 12.7. The largest absolute Gasteiger partial charge is 0.464 e. The number of ketones is 1. The van der Waals surface area contributed by atoms with Gasteiger partial charge in [0.2, 0.25) is 0 Å². The van der Waals surface area contributed by atoms with Gasteiger partial charge >= 0.3 is 7.12 Å². The highest BCUT2D eigenvalue weighted by Crippen LogP contribution is 2.26. The van der Waals surface area contributed by atoms with E-state index in [0.29, 0.717) is 17.7 Å². The number of hydrogen-bond donors (Lipinski definition) is 0. The van der Waals surface area contributed by atoms with E-state index >= 15 is 0 Å². The van der Waals surface area contributed by atoms with E-state index in [1.54, 1.807) is 0 Å². The summed E-state index contributed by atoms with van der Waals surface area (Å²) in [6.07, 6.45) is 0.899. The maximum absolute atomic E-state index is 12.7. The third kappa shape index (κ3) is 5.29. The minimum atomic E-state index is -0.350. The first-order chi connectivity index (χ1) is 12.4. The Morgan fingerprint density at radius 2 is 1.69 bits per heavy atom. The standard InChI is InChI=1S/C22H29BO3/c1-6-22(4,5)26-23(25-7-2)17(3)19-14-11-15-20(16-19)21(24)18-12-9-8-10-13-18/h8-17H,6-7H2,1-5H3. The van der Waals surface area contributed by atoms with Crippen LogP contribution in [0.3, 0.4) is 0 Å². The van der Waals surface area contributed by atoms with Crippen LogP contribution in [0.15, 0.2) is 54.6 Å². The van der Waals surface area contributed by atoms with Crippen molar-refractivity contribution in [2.45, 2.75) is 52.5 Å². The first kappa shape index (κ1) is 20.4. The minimum Gasteiger partial charge on any atom is -0.411 e. The molecule has 0 radical (unpaired) electrons. The highest BCUT2D eigenvalue weighted by Gasteiger charge is 2.33. The topological polar surface area (TPSA) is 35.5 Å². The van der Waals surface area contributed by atoms with Crippen LogP contribution in [-0.4, -0.2) is 25.1 Å². The third-order valence-electron chi connectivity index (χ3n) is 4.74. The summed E-state index contributed by atoms with van der Waals surface area (Å²) in [6.45, 7) is 10.9. The average molecular weight is 352 g/mol. The van der Waals surface area contributed by atoms with E-state index in [1.165, 1.54) is 0 Å². The van der Waals surface area contributed by atoms with Crippen molar-refractivity contribution in [3.05, 3.63) is 71.3 Å². The lowest BCUT2D eigenvalue weighted by Gasteiger charge is -2.31. The summed E-state index contributed by atoms with van der Waals surface area (Å²) in [6, 6.07) is 17.1. The van der Waals surface area contributed by atoms with Crippen molar-refractivity contribution in [1.29, 1.82) is 0 Å². The number of carbonyl (C=O) groups excluding carboxylic acids is 1. The molecule has 0 N–H and O–H groups in total. The Morgan fingerprint density at radius 1 is 1.04 bits per heavy atom. The van der Waals surface area contributed by atoms with Crippen molar-refractivity contribution >= 4 is 12.9 Å². The summed E-state index contributed by atoms with van der Waals surface area (Å²) < 4.78 is 12.1. The molecule has 4 heteroatoms. The van der Waals surface area contributed by atoms with E-state index in [-0.39, 0.29) is 24.3 Å². The maximum atomic E-state index is 12.7. The van der Waals surface area contributed by atoms with E-state index in [2.05, 4.69) is 27.7 Å². The van der Waals surface area contributed by atoms with Crippen molar-refractivity contribution in [3.63, 3.8) is 0 Å². The lowest BCUT2D eigenvalue weighted by Crippen LogP contribution is -2.39. The molecule has 2 aromatic carbocycles. The van der Waals surface area contributed by atoms with Crippen LogP contribution in [0.1, 0.15) is 68.3 Å². The molecule has 0 saturated carbocycles. The van der Waals surface area contributed by atoms with E-state index in [4.69, 9.17) is 9.31 Å². The molecular formula is C22H29BO3. The molecular weight excluding hydrogens is 323 g/mol. The lowest BCUT2D eigenvalue weighted by molar-refractivity contribution is 0.0608. The molecule has 138 valence electrons. The first-order valence-electron chi connectivity index (χ1n) is 9.37. The average Bonchev–Trinajstić information content (AvgIpc) is 2.67. The third-order valence-corrected chi connectivity index (χ3v) is 4.74. The van der Waals surface area contributed by atoms with Crippen molar-refractivity contribution in [2.75, 3.05) is 6.61 Å². The van der Waals surface area contributed by atoms with Gasteiger partial charge in [0.1, 0.15) is 0 Å². The van der Waals surface area contributed by atoms with Crippen molar-refractivity contribution in [3.8, 4) is 0 Å². The molecule has 0 aromatic heterocycles. The quantitative estimate of drug-likeness (QED) is 0.454. The zero-order chi connectivity index (χ0) is 19.2. The highest BCUT2D eigenvalue weighted by molar-refractivity contribution is 6.46. The highest BCUT2D eigenvalue weighted by atomic mass is 16.6. The molecule has 0 spiro atoms. The Kier molecular flexibility index (Phi) is 7.19. The van der Waals surface area contributed by atoms with E-state index in [9.17, 15) is 4.79 Å². The monoisotopic (exact) mass is 352 g/mol. The predicted octanol–water partition coefficient (Wildman–Crippen LogP) is 5.29. The van der Waals surface area contributed by atoms with Gasteiger partial charge in [0.15, 0.2) is 5.78 Å². The molecule has 2 aromatic rings. The van der Waals surface area contributed by atoms with E-state index < -0.39 is 0 Å². The second-order valence-electron chi connectivity index (χ2n) is 7.16. The molecule has 0 amide bonds. The second kappa shape index (κ2) is 9.15. The Labute approximate surface area is 157 Å². The zero-order valence-electron chi connectivity index (χ0n) is 16.5. The SMILES string of the molecule is CCOB(OC(C)(C)CC)C(C)c1cccc(C(=O)c2ccccc2)c1. The number of hydrogen-bond acceptors (Lipinski definition) is 3. The van der Waals surface area contributed by atoms with Crippen LogP contribution in [0, 0.1) is 0 Å². The number of benzene rings is 2. The normalized spacial score (nSPS) is 12.7. The summed E-state index contributed by atoms with van der Waals surface area (Å²) >= 11 is 0. The molecule has 26 heavy (non-hydrogen) atoms. The molecule has 1 unspecified atom stereocenters. The summed E-state index contributed by atoms with van der Waals surface area (Å²) in [5.41, 5.74) is 2.16. The van der Waals surface area contributed by atoms with Crippen molar-refractivity contribution in [2.24, 2.45) is 0 Å². The molecule has 1 atom stereocenters. The van der Waals surface area contributed by atoms with Gasteiger partial charge in [0, 0.05) is 29.2 Å². The predicted molar refractivity (Wildman–Crippen MR) is 108 cm³/mol. The zero-order valence-corrected chi connectivity index (χ0v) is 16.5. The van der Waals surface area contributed by atoms with Crippen LogP contribution in [-0.2, 0) is 9.31 Å². The van der Waals surface area contributed by atoms with Gasteiger partial charge in [-0.1, -0.05) is 62.4 Å². The maximum Gasteiger partial charge on any atom is 0.464 e. The fraction of sp³-hybridized carbons (Fsp3) is 0.409. The summed E-state index contributed by atoms with van der Waals surface area (Å²) in [7, 11) is -0.350. The Bertz CT molecular complexity index is 712. The minimum absolute atomic E-state index is 0.0179. The van der Waals surface area contributed by atoms with Crippen LogP contribution in [0.5, 0.6) is 0 Å². The second-order valence-corrected chi connectivity index (χ2v) is 7.16. The van der Waals surface area contributed by atoms with Crippen LogP contribution >= 0.6 is 0 Å². The number of carbonyl (C=O) groups is 1. The fourth-order valence-corrected chi connectivity index (χ4v) is 2.72. The van der Waals surface area contributed by atoms with Crippen molar-refractivity contribution < 1.29 is 14.1 Å². The smallest absolute Gasteiger partial charge is 0.411 e. The van der Waals surface area contributed by atoms with Gasteiger partial charge in [-0.2, -0.15) is 0 Å².